The van der Waals surface area contributed by atoms with Gasteiger partial charge in [0.1, 0.15) is 11.6 Å². The molecule has 2 atom stereocenters. The zero-order valence-electron chi connectivity index (χ0n) is 19.3. The summed E-state index contributed by atoms with van der Waals surface area (Å²) in [6.07, 6.45) is 3.48. The van der Waals surface area contributed by atoms with Crippen molar-refractivity contribution in [1.82, 2.24) is 15.1 Å². The molecule has 3 aliphatic heterocycles. The van der Waals surface area contributed by atoms with Crippen molar-refractivity contribution in [2.45, 2.75) is 31.2 Å². The molecule has 2 aromatic rings. The third kappa shape index (κ3) is 6.34. The summed E-state index contributed by atoms with van der Waals surface area (Å²) in [6, 6.07) is 12.2. The predicted octanol–water partition coefficient (Wildman–Crippen LogP) is 5.23. The summed E-state index contributed by atoms with van der Waals surface area (Å²) >= 11 is 0. The van der Waals surface area contributed by atoms with Crippen LogP contribution in [0, 0.1) is 11.6 Å². The molecule has 0 aromatic heterocycles. The van der Waals surface area contributed by atoms with Gasteiger partial charge in [-0.2, -0.15) is 0 Å². The molecule has 2 fully saturated rings. The van der Waals surface area contributed by atoms with Crippen molar-refractivity contribution in [3.05, 3.63) is 59.7 Å². The van der Waals surface area contributed by atoms with Gasteiger partial charge in [-0.1, -0.05) is 0 Å². The maximum Gasteiger partial charge on any atom is 0.123 e. The number of fused-ring (bicyclic) bond motifs is 3. The Morgan fingerprint density at radius 1 is 0.794 bits per heavy atom. The minimum absolute atomic E-state index is 0. The van der Waals surface area contributed by atoms with Crippen molar-refractivity contribution in [2.75, 3.05) is 57.3 Å². The van der Waals surface area contributed by atoms with Crippen LogP contribution in [0.5, 0.6) is 0 Å². The fourth-order valence-corrected chi connectivity index (χ4v) is 5.58. The van der Waals surface area contributed by atoms with Gasteiger partial charge in [0.2, 0.25) is 0 Å². The SMILES string of the molecule is Cl.Cl.Cl.Fc1ccc(N2c3ccc(F)cc3C3CN(CCCCN4CCNCC4)CCC32)cc1. The monoisotopic (exact) mass is 534 g/mol. The van der Waals surface area contributed by atoms with E-state index >= 15 is 0 Å². The lowest BCUT2D eigenvalue weighted by Crippen LogP contribution is -2.45. The molecule has 0 amide bonds. The standard InChI is InChI=1S/C25H32F2N4.3ClH/c26-19-3-6-21(7-4-19)31-24-8-5-20(27)17-22(24)23-18-30(14-9-25(23)31)13-2-1-12-29-15-10-28-11-16-29;;;/h3-8,17,23,25,28H,1-2,9-16,18H2;3*1H. The second-order valence-corrected chi connectivity index (χ2v) is 9.11. The average molecular weight is 536 g/mol. The Bertz CT molecular complexity index is 896. The molecule has 9 heteroatoms. The molecule has 5 rings (SSSR count). The molecule has 0 saturated carbocycles. The van der Waals surface area contributed by atoms with E-state index in [9.17, 15) is 8.78 Å². The fraction of sp³-hybridized carbons (Fsp3) is 0.520. The highest BCUT2D eigenvalue weighted by Gasteiger charge is 2.42. The number of anilines is 2. The van der Waals surface area contributed by atoms with E-state index in [1.54, 1.807) is 12.1 Å². The average Bonchev–Trinajstić information content (AvgIpc) is 3.11. The van der Waals surface area contributed by atoms with Gasteiger partial charge in [0.25, 0.3) is 0 Å². The van der Waals surface area contributed by atoms with Crippen molar-refractivity contribution < 1.29 is 8.78 Å². The van der Waals surface area contributed by atoms with Gasteiger partial charge >= 0.3 is 0 Å². The van der Waals surface area contributed by atoms with Crippen LogP contribution in [0.3, 0.4) is 0 Å². The number of halogens is 5. The van der Waals surface area contributed by atoms with Gasteiger partial charge in [0.15, 0.2) is 0 Å². The van der Waals surface area contributed by atoms with Gasteiger partial charge in [0.05, 0.1) is 0 Å². The Balaban J connectivity index is 0.00000136. The molecule has 0 bridgehead atoms. The van der Waals surface area contributed by atoms with Crippen LogP contribution in [0.15, 0.2) is 42.5 Å². The summed E-state index contributed by atoms with van der Waals surface area (Å²) in [7, 11) is 0. The Morgan fingerprint density at radius 2 is 1.44 bits per heavy atom. The first-order chi connectivity index (χ1) is 15.2. The molecular weight excluding hydrogens is 501 g/mol. The molecule has 34 heavy (non-hydrogen) atoms. The van der Waals surface area contributed by atoms with Crippen molar-refractivity contribution >= 4 is 48.6 Å². The van der Waals surface area contributed by atoms with Crippen LogP contribution in [-0.4, -0.2) is 68.2 Å². The topological polar surface area (TPSA) is 21.8 Å². The van der Waals surface area contributed by atoms with E-state index in [1.807, 2.05) is 18.2 Å². The third-order valence-electron chi connectivity index (χ3n) is 7.15. The van der Waals surface area contributed by atoms with Gasteiger partial charge in [-0.15, -0.1) is 37.2 Å². The van der Waals surface area contributed by atoms with Crippen LogP contribution in [-0.2, 0) is 0 Å². The smallest absolute Gasteiger partial charge is 0.123 e. The highest BCUT2D eigenvalue weighted by Crippen LogP contribution is 2.48. The van der Waals surface area contributed by atoms with Crippen molar-refractivity contribution in [3.8, 4) is 0 Å². The maximum absolute atomic E-state index is 14.1. The lowest BCUT2D eigenvalue weighted by Gasteiger charge is -2.39. The Kier molecular flexibility index (Phi) is 11.3. The quantitative estimate of drug-likeness (QED) is 0.512. The van der Waals surface area contributed by atoms with E-state index < -0.39 is 0 Å². The van der Waals surface area contributed by atoms with E-state index in [4.69, 9.17) is 0 Å². The highest BCUT2D eigenvalue weighted by molar-refractivity contribution is 5.86. The molecule has 3 aliphatic rings. The van der Waals surface area contributed by atoms with Crippen molar-refractivity contribution in [3.63, 3.8) is 0 Å². The van der Waals surface area contributed by atoms with Crippen molar-refractivity contribution in [1.29, 1.82) is 0 Å². The molecule has 2 aromatic carbocycles. The Labute approximate surface area is 220 Å². The van der Waals surface area contributed by atoms with Crippen LogP contribution < -0.4 is 10.2 Å². The lowest BCUT2D eigenvalue weighted by molar-refractivity contribution is 0.185. The molecule has 3 heterocycles. The van der Waals surface area contributed by atoms with Gasteiger partial charge in [-0.25, -0.2) is 8.78 Å². The fourth-order valence-electron chi connectivity index (χ4n) is 5.58. The first kappa shape index (κ1) is 29.1. The van der Waals surface area contributed by atoms with Gasteiger partial charge in [-0.3, -0.25) is 0 Å². The van der Waals surface area contributed by atoms with Crippen LogP contribution in [0.4, 0.5) is 20.2 Å². The first-order valence-electron chi connectivity index (χ1n) is 11.7. The number of unbranched alkanes of at least 4 members (excludes halogenated alkanes) is 1. The lowest BCUT2D eigenvalue weighted by atomic mass is 9.89. The van der Waals surface area contributed by atoms with Crippen molar-refractivity contribution in [2.24, 2.45) is 0 Å². The molecular formula is C25H35Cl3F2N4. The second kappa shape index (κ2) is 13.2. The number of nitrogens with zero attached hydrogens (tertiary/aromatic N) is 3. The Hall–Kier alpha value is -1.15. The van der Waals surface area contributed by atoms with Crippen LogP contribution >= 0.6 is 37.2 Å². The zero-order chi connectivity index (χ0) is 21.2. The molecule has 0 spiro atoms. The Morgan fingerprint density at radius 3 is 2.15 bits per heavy atom. The van der Waals surface area contributed by atoms with Crippen LogP contribution in [0.2, 0.25) is 0 Å². The number of hydrogen-bond donors (Lipinski definition) is 1. The zero-order valence-corrected chi connectivity index (χ0v) is 21.7. The van der Waals surface area contributed by atoms with Crippen LogP contribution in [0.25, 0.3) is 0 Å². The number of nitrogens with one attached hydrogen (secondary N) is 1. The van der Waals surface area contributed by atoms with E-state index in [0.29, 0.717) is 6.04 Å². The summed E-state index contributed by atoms with van der Waals surface area (Å²) in [6.45, 7) is 8.86. The normalized spacial score (nSPS) is 22.1. The largest absolute Gasteiger partial charge is 0.337 e. The van der Waals surface area contributed by atoms with Crippen LogP contribution in [0.1, 0.15) is 30.7 Å². The minimum Gasteiger partial charge on any atom is -0.337 e. The van der Waals surface area contributed by atoms with E-state index in [2.05, 4.69) is 20.0 Å². The van der Waals surface area contributed by atoms with E-state index in [1.165, 1.54) is 31.5 Å². The molecule has 1 N–H and O–H groups in total. The molecule has 0 aliphatic carbocycles. The number of benzene rings is 2. The van der Waals surface area contributed by atoms with E-state index in [-0.39, 0.29) is 54.8 Å². The number of likely N-dealkylation sites (tertiary alicyclic amines) is 1. The number of rotatable bonds is 6. The maximum atomic E-state index is 14.1. The summed E-state index contributed by atoms with van der Waals surface area (Å²) in [5, 5.41) is 3.41. The van der Waals surface area contributed by atoms with Gasteiger partial charge in [0, 0.05) is 62.6 Å². The predicted molar refractivity (Wildman–Crippen MR) is 143 cm³/mol. The first-order valence-corrected chi connectivity index (χ1v) is 11.7. The van der Waals surface area contributed by atoms with Gasteiger partial charge in [-0.05, 0) is 80.4 Å². The number of hydrogen-bond acceptors (Lipinski definition) is 4. The minimum atomic E-state index is -0.227. The second-order valence-electron chi connectivity index (χ2n) is 9.11. The number of piperidine rings is 1. The summed E-state index contributed by atoms with van der Waals surface area (Å²) in [5.41, 5.74) is 3.16. The third-order valence-corrected chi connectivity index (χ3v) is 7.15. The molecule has 190 valence electrons. The summed E-state index contributed by atoms with van der Waals surface area (Å²) < 4.78 is 27.6. The summed E-state index contributed by atoms with van der Waals surface area (Å²) in [5.74, 6) is -0.112. The molecule has 2 saturated heterocycles. The van der Waals surface area contributed by atoms with E-state index in [0.717, 1.165) is 69.2 Å². The molecule has 0 radical (unpaired) electrons. The summed E-state index contributed by atoms with van der Waals surface area (Å²) in [4.78, 5) is 7.42. The molecule has 4 nitrogen and oxygen atoms in total. The highest BCUT2D eigenvalue weighted by atomic mass is 35.5. The molecule has 2 unspecified atom stereocenters. The van der Waals surface area contributed by atoms with Gasteiger partial charge < -0.3 is 20.0 Å². The number of piperazine rings is 1.